The molecule has 2 aromatic rings. The molecule has 1 atom stereocenters. The van der Waals surface area contributed by atoms with E-state index in [9.17, 15) is 4.79 Å². The van der Waals surface area contributed by atoms with Crippen molar-refractivity contribution in [2.45, 2.75) is 31.2 Å². The van der Waals surface area contributed by atoms with Gasteiger partial charge in [-0.1, -0.05) is 6.07 Å². The van der Waals surface area contributed by atoms with Crippen molar-refractivity contribution in [3.05, 3.63) is 48.4 Å². The van der Waals surface area contributed by atoms with E-state index in [1.54, 1.807) is 11.1 Å². The van der Waals surface area contributed by atoms with Crippen LogP contribution in [0.2, 0.25) is 0 Å². The quantitative estimate of drug-likeness (QED) is 0.849. The van der Waals surface area contributed by atoms with Gasteiger partial charge in [0.05, 0.1) is 31.5 Å². The molecule has 1 spiro atoms. The van der Waals surface area contributed by atoms with Gasteiger partial charge in [-0.25, -0.2) is 4.98 Å². The van der Waals surface area contributed by atoms with Gasteiger partial charge in [0.1, 0.15) is 11.9 Å². The summed E-state index contributed by atoms with van der Waals surface area (Å²) >= 11 is 0. The monoisotopic (exact) mass is 329 g/mol. The topological polar surface area (TPSA) is 77.7 Å². The van der Waals surface area contributed by atoms with Crippen molar-refractivity contribution in [2.75, 3.05) is 19.7 Å². The van der Waals surface area contributed by atoms with Crippen LogP contribution in [0.1, 0.15) is 29.0 Å². The standard InChI is InChI=1S/C17H19N3O4/c21-16(15-9-22-12-19-15)20-10-17(11-20)7-14(4-6-24-17)23-8-13-3-1-2-5-18-13/h1-3,5,9,12,14H,4,6-8,10-11H2/t14-/m1/s1. The predicted molar refractivity (Wildman–Crippen MR) is 83.1 cm³/mol. The molecule has 0 bridgehead atoms. The molecule has 7 heteroatoms. The lowest BCUT2D eigenvalue weighted by atomic mass is 9.84. The molecule has 2 fully saturated rings. The highest BCUT2D eigenvalue weighted by atomic mass is 16.5. The van der Waals surface area contributed by atoms with Crippen LogP contribution < -0.4 is 0 Å². The summed E-state index contributed by atoms with van der Waals surface area (Å²) in [6, 6.07) is 5.80. The van der Waals surface area contributed by atoms with Gasteiger partial charge in [-0.05, 0) is 18.6 Å². The average Bonchev–Trinajstić information content (AvgIpc) is 3.13. The zero-order valence-corrected chi connectivity index (χ0v) is 13.3. The number of hydrogen-bond donors (Lipinski definition) is 0. The first-order valence-electron chi connectivity index (χ1n) is 8.07. The largest absolute Gasteiger partial charge is 0.451 e. The minimum atomic E-state index is -0.285. The van der Waals surface area contributed by atoms with E-state index >= 15 is 0 Å². The highest BCUT2D eigenvalue weighted by Gasteiger charge is 2.50. The highest BCUT2D eigenvalue weighted by molar-refractivity contribution is 5.92. The second-order valence-corrected chi connectivity index (χ2v) is 6.31. The molecule has 4 rings (SSSR count). The molecule has 2 aromatic heterocycles. The Balaban J connectivity index is 1.30. The van der Waals surface area contributed by atoms with Crippen LogP contribution in [0.5, 0.6) is 0 Å². The van der Waals surface area contributed by atoms with E-state index in [2.05, 4.69) is 9.97 Å². The van der Waals surface area contributed by atoms with Crippen LogP contribution in [0, 0.1) is 0 Å². The van der Waals surface area contributed by atoms with Crippen LogP contribution in [0.15, 0.2) is 41.5 Å². The first kappa shape index (κ1) is 15.3. The maximum Gasteiger partial charge on any atom is 0.276 e. The molecular formula is C17H19N3O4. The Labute approximate surface area is 139 Å². The van der Waals surface area contributed by atoms with Crippen molar-refractivity contribution in [3.63, 3.8) is 0 Å². The van der Waals surface area contributed by atoms with Crippen LogP contribution in [0.25, 0.3) is 0 Å². The number of carbonyl (C=O) groups is 1. The molecular weight excluding hydrogens is 310 g/mol. The van der Waals surface area contributed by atoms with Gasteiger partial charge in [-0.3, -0.25) is 9.78 Å². The Morgan fingerprint density at radius 2 is 2.29 bits per heavy atom. The Bertz CT molecular complexity index is 683. The Hall–Kier alpha value is -2.25. The molecule has 1 amide bonds. The summed E-state index contributed by atoms with van der Waals surface area (Å²) in [5.74, 6) is -0.116. The molecule has 2 aliphatic rings. The summed E-state index contributed by atoms with van der Waals surface area (Å²) < 4.78 is 16.8. The molecule has 0 aromatic carbocycles. The first-order chi connectivity index (χ1) is 11.7. The second-order valence-electron chi connectivity index (χ2n) is 6.31. The highest BCUT2D eigenvalue weighted by Crippen LogP contribution is 2.36. The van der Waals surface area contributed by atoms with Gasteiger partial charge in [-0.2, -0.15) is 0 Å². The summed E-state index contributed by atoms with van der Waals surface area (Å²) in [7, 11) is 0. The molecule has 7 nitrogen and oxygen atoms in total. The number of carbonyl (C=O) groups excluding carboxylic acids is 1. The van der Waals surface area contributed by atoms with E-state index in [1.807, 2.05) is 18.2 Å². The van der Waals surface area contributed by atoms with E-state index < -0.39 is 0 Å². The van der Waals surface area contributed by atoms with Gasteiger partial charge in [0.15, 0.2) is 12.1 Å². The number of aromatic nitrogens is 2. The lowest BCUT2D eigenvalue weighted by Gasteiger charge is -2.52. The Kier molecular flexibility index (Phi) is 4.03. The number of oxazole rings is 1. The third-order valence-corrected chi connectivity index (χ3v) is 4.54. The van der Waals surface area contributed by atoms with Crippen molar-refractivity contribution >= 4 is 5.91 Å². The molecule has 24 heavy (non-hydrogen) atoms. The number of amides is 1. The van der Waals surface area contributed by atoms with Gasteiger partial charge in [-0.15, -0.1) is 0 Å². The van der Waals surface area contributed by atoms with E-state index in [1.165, 1.54) is 12.7 Å². The predicted octanol–water partition coefficient (Wildman–Crippen LogP) is 1.66. The molecule has 0 saturated carbocycles. The van der Waals surface area contributed by atoms with Crippen LogP contribution in [0.3, 0.4) is 0 Å². The zero-order valence-electron chi connectivity index (χ0n) is 13.3. The first-order valence-corrected chi connectivity index (χ1v) is 8.07. The van der Waals surface area contributed by atoms with Crippen molar-refractivity contribution in [1.29, 1.82) is 0 Å². The molecule has 4 heterocycles. The van der Waals surface area contributed by atoms with Crippen LogP contribution in [0.4, 0.5) is 0 Å². The molecule has 126 valence electrons. The van der Waals surface area contributed by atoms with Gasteiger partial charge in [0.2, 0.25) is 0 Å². The molecule has 2 saturated heterocycles. The summed E-state index contributed by atoms with van der Waals surface area (Å²) in [6.45, 7) is 2.30. The summed E-state index contributed by atoms with van der Waals surface area (Å²) in [5.41, 5.74) is 0.977. The van der Waals surface area contributed by atoms with Crippen LogP contribution >= 0.6 is 0 Å². The summed E-state index contributed by atoms with van der Waals surface area (Å²) in [4.78, 5) is 22.1. The fourth-order valence-corrected chi connectivity index (χ4v) is 3.31. The van der Waals surface area contributed by atoms with Crippen LogP contribution in [-0.2, 0) is 16.1 Å². The molecule has 0 aliphatic carbocycles. The second kappa shape index (κ2) is 6.33. The number of rotatable bonds is 4. The fraction of sp³-hybridized carbons (Fsp3) is 0.471. The summed E-state index contributed by atoms with van der Waals surface area (Å²) in [6.07, 6.45) is 6.19. The number of nitrogens with zero attached hydrogens (tertiary/aromatic N) is 3. The van der Waals surface area contributed by atoms with Gasteiger partial charge >= 0.3 is 0 Å². The van der Waals surface area contributed by atoms with Gasteiger partial charge < -0.3 is 18.8 Å². The molecule has 0 radical (unpaired) electrons. The van der Waals surface area contributed by atoms with Gasteiger partial charge in [0.25, 0.3) is 5.91 Å². The minimum Gasteiger partial charge on any atom is -0.451 e. The lowest BCUT2D eigenvalue weighted by molar-refractivity contribution is -0.188. The third-order valence-electron chi connectivity index (χ3n) is 4.54. The smallest absolute Gasteiger partial charge is 0.276 e. The maximum absolute atomic E-state index is 12.2. The number of hydrogen-bond acceptors (Lipinski definition) is 6. The number of likely N-dealkylation sites (tertiary alicyclic amines) is 1. The number of ether oxygens (including phenoxy) is 2. The average molecular weight is 329 g/mol. The molecule has 0 unspecified atom stereocenters. The van der Waals surface area contributed by atoms with E-state index in [-0.39, 0.29) is 17.6 Å². The Morgan fingerprint density at radius 1 is 1.38 bits per heavy atom. The molecule has 0 N–H and O–H groups in total. The van der Waals surface area contributed by atoms with Crippen molar-refractivity contribution in [2.24, 2.45) is 0 Å². The third kappa shape index (κ3) is 3.05. The minimum absolute atomic E-state index is 0.116. The van der Waals surface area contributed by atoms with E-state index in [0.717, 1.165) is 18.5 Å². The SMILES string of the molecule is O=C(c1cocn1)N1CC2(C[C@H](OCc3ccccn3)CCO2)C1. The Morgan fingerprint density at radius 3 is 3.04 bits per heavy atom. The molecule has 2 aliphatic heterocycles. The van der Waals surface area contributed by atoms with Crippen molar-refractivity contribution < 1.29 is 18.7 Å². The van der Waals surface area contributed by atoms with Crippen molar-refractivity contribution in [1.82, 2.24) is 14.9 Å². The number of pyridine rings is 1. The van der Waals surface area contributed by atoms with Gasteiger partial charge in [0, 0.05) is 19.2 Å². The van der Waals surface area contributed by atoms with Crippen molar-refractivity contribution in [3.8, 4) is 0 Å². The maximum atomic E-state index is 12.2. The van der Waals surface area contributed by atoms with Crippen LogP contribution in [-0.4, -0.2) is 52.2 Å². The zero-order chi connectivity index (χ0) is 16.4. The van der Waals surface area contributed by atoms with E-state index in [0.29, 0.717) is 32.0 Å². The van der Waals surface area contributed by atoms with E-state index in [4.69, 9.17) is 13.9 Å². The lowest BCUT2D eigenvalue weighted by Crippen LogP contribution is -2.67. The normalized spacial score (nSPS) is 22.3. The fourth-order valence-electron chi connectivity index (χ4n) is 3.31. The summed E-state index contributed by atoms with van der Waals surface area (Å²) in [5, 5.41) is 0.